The number of rotatable bonds is 3. The van der Waals surface area contributed by atoms with E-state index in [0.717, 1.165) is 31.9 Å². The molecule has 0 aliphatic carbocycles. The monoisotopic (exact) mass is 296 g/mol. The van der Waals surface area contributed by atoms with Crippen LogP contribution < -0.4 is 10.1 Å². The van der Waals surface area contributed by atoms with Crippen LogP contribution in [-0.4, -0.2) is 43.1 Å². The molecule has 2 fully saturated rings. The molecule has 1 unspecified atom stereocenters. The summed E-state index contributed by atoms with van der Waals surface area (Å²) in [4.78, 5) is 14.3. The largest absolute Gasteiger partial charge is 0.481 e. The average Bonchev–Trinajstić information content (AvgIpc) is 2.99. The molecule has 1 aromatic carbocycles. The molecular weight excluding hydrogens is 276 g/mol. The number of carbonyl (C=O) groups is 1. The summed E-state index contributed by atoms with van der Waals surface area (Å²) in [6.07, 6.45) is -0.408. The van der Waals surface area contributed by atoms with Gasteiger partial charge in [-0.15, -0.1) is 12.4 Å². The normalized spacial score (nSPS) is 25.8. The van der Waals surface area contributed by atoms with Crippen LogP contribution in [0.15, 0.2) is 30.3 Å². The van der Waals surface area contributed by atoms with E-state index in [0.29, 0.717) is 11.8 Å². The molecule has 0 bridgehead atoms. The van der Waals surface area contributed by atoms with Crippen molar-refractivity contribution in [3.63, 3.8) is 0 Å². The van der Waals surface area contributed by atoms with E-state index in [1.807, 2.05) is 42.2 Å². The predicted octanol–water partition coefficient (Wildman–Crippen LogP) is 1.55. The Labute approximate surface area is 125 Å². The summed E-state index contributed by atoms with van der Waals surface area (Å²) in [5, 5.41) is 3.38. The SMILES string of the molecule is CC(Oc1ccccc1)C(=O)N1C[C@H]2CNC[C@H]2C1.Cl. The first-order valence-corrected chi connectivity index (χ1v) is 6.95. The van der Waals surface area contributed by atoms with Crippen molar-refractivity contribution in [1.82, 2.24) is 10.2 Å². The van der Waals surface area contributed by atoms with E-state index in [-0.39, 0.29) is 18.3 Å². The van der Waals surface area contributed by atoms with Crippen molar-refractivity contribution in [3.05, 3.63) is 30.3 Å². The summed E-state index contributed by atoms with van der Waals surface area (Å²) in [5.74, 6) is 2.13. The second-order valence-electron chi connectivity index (χ2n) is 5.49. The van der Waals surface area contributed by atoms with Gasteiger partial charge in [-0.1, -0.05) is 18.2 Å². The molecule has 1 aromatic rings. The molecule has 2 aliphatic heterocycles. The van der Waals surface area contributed by atoms with Crippen molar-refractivity contribution in [2.24, 2.45) is 11.8 Å². The Balaban J connectivity index is 0.00000147. The minimum Gasteiger partial charge on any atom is -0.481 e. The van der Waals surface area contributed by atoms with E-state index in [1.165, 1.54) is 0 Å². The summed E-state index contributed by atoms with van der Waals surface area (Å²) >= 11 is 0. The van der Waals surface area contributed by atoms with Gasteiger partial charge in [0.05, 0.1) is 0 Å². The number of carbonyl (C=O) groups excluding carboxylic acids is 1. The number of nitrogens with one attached hydrogen (secondary N) is 1. The van der Waals surface area contributed by atoms with Crippen LogP contribution in [0.4, 0.5) is 0 Å². The van der Waals surface area contributed by atoms with E-state index >= 15 is 0 Å². The molecule has 1 N–H and O–H groups in total. The highest BCUT2D eigenvalue weighted by Gasteiger charge is 2.39. The van der Waals surface area contributed by atoms with Crippen LogP contribution in [0, 0.1) is 11.8 Å². The molecule has 2 saturated heterocycles. The molecule has 5 heteroatoms. The van der Waals surface area contributed by atoms with Crippen molar-refractivity contribution in [1.29, 1.82) is 0 Å². The fourth-order valence-electron chi connectivity index (χ4n) is 3.05. The molecule has 4 nitrogen and oxygen atoms in total. The highest BCUT2D eigenvalue weighted by molar-refractivity contribution is 5.85. The molecule has 2 heterocycles. The van der Waals surface area contributed by atoms with Gasteiger partial charge in [0.1, 0.15) is 5.75 Å². The van der Waals surface area contributed by atoms with E-state index in [9.17, 15) is 4.79 Å². The van der Waals surface area contributed by atoms with Crippen molar-refractivity contribution in [2.75, 3.05) is 26.2 Å². The number of hydrogen-bond donors (Lipinski definition) is 1. The van der Waals surface area contributed by atoms with Crippen LogP contribution in [0.1, 0.15) is 6.92 Å². The third-order valence-corrected chi connectivity index (χ3v) is 4.11. The molecule has 3 atom stereocenters. The lowest BCUT2D eigenvalue weighted by atomic mass is 10.0. The van der Waals surface area contributed by atoms with Gasteiger partial charge in [0.25, 0.3) is 5.91 Å². The zero-order chi connectivity index (χ0) is 13.2. The molecule has 3 rings (SSSR count). The molecule has 0 aromatic heterocycles. The molecule has 0 saturated carbocycles. The molecule has 110 valence electrons. The topological polar surface area (TPSA) is 41.6 Å². The van der Waals surface area contributed by atoms with Gasteiger partial charge in [-0.25, -0.2) is 0 Å². The fraction of sp³-hybridized carbons (Fsp3) is 0.533. The number of benzene rings is 1. The summed E-state index contributed by atoms with van der Waals surface area (Å²) in [5.41, 5.74) is 0. The van der Waals surface area contributed by atoms with E-state index in [4.69, 9.17) is 4.74 Å². The van der Waals surface area contributed by atoms with Gasteiger partial charge in [-0.2, -0.15) is 0 Å². The number of hydrogen-bond acceptors (Lipinski definition) is 3. The van der Waals surface area contributed by atoms with Crippen LogP contribution in [0.25, 0.3) is 0 Å². The Bertz CT molecular complexity index is 442. The Kier molecular flexibility index (Phi) is 4.89. The zero-order valence-electron chi connectivity index (χ0n) is 11.6. The number of ether oxygens (including phenoxy) is 1. The van der Waals surface area contributed by atoms with Gasteiger partial charge >= 0.3 is 0 Å². The second kappa shape index (κ2) is 6.46. The molecule has 2 aliphatic rings. The predicted molar refractivity (Wildman–Crippen MR) is 80.2 cm³/mol. The van der Waals surface area contributed by atoms with E-state index < -0.39 is 6.10 Å². The lowest BCUT2D eigenvalue weighted by molar-refractivity contribution is -0.137. The van der Waals surface area contributed by atoms with E-state index in [1.54, 1.807) is 0 Å². The molecule has 20 heavy (non-hydrogen) atoms. The number of amides is 1. The van der Waals surface area contributed by atoms with Gasteiger partial charge in [0.15, 0.2) is 6.10 Å². The third-order valence-electron chi connectivity index (χ3n) is 4.11. The first-order chi connectivity index (χ1) is 9.24. The maximum absolute atomic E-state index is 12.4. The van der Waals surface area contributed by atoms with Gasteiger partial charge < -0.3 is 15.0 Å². The van der Waals surface area contributed by atoms with Crippen molar-refractivity contribution in [2.45, 2.75) is 13.0 Å². The average molecular weight is 297 g/mol. The van der Waals surface area contributed by atoms with Crippen molar-refractivity contribution in [3.8, 4) is 5.75 Å². The molecule has 0 radical (unpaired) electrons. The number of para-hydroxylation sites is 1. The van der Waals surface area contributed by atoms with Crippen LogP contribution in [0.2, 0.25) is 0 Å². The van der Waals surface area contributed by atoms with Crippen molar-refractivity contribution >= 4 is 18.3 Å². The zero-order valence-corrected chi connectivity index (χ0v) is 12.4. The lowest BCUT2D eigenvalue weighted by Crippen LogP contribution is -2.40. The molecule has 1 amide bonds. The third kappa shape index (κ3) is 3.07. The van der Waals surface area contributed by atoms with Gasteiger partial charge in [0.2, 0.25) is 0 Å². The smallest absolute Gasteiger partial charge is 0.263 e. The van der Waals surface area contributed by atoms with Crippen LogP contribution in [0.3, 0.4) is 0 Å². The first kappa shape index (κ1) is 15.1. The Morgan fingerprint density at radius 1 is 1.25 bits per heavy atom. The number of nitrogens with zero attached hydrogens (tertiary/aromatic N) is 1. The fourth-order valence-corrected chi connectivity index (χ4v) is 3.05. The Morgan fingerprint density at radius 2 is 1.85 bits per heavy atom. The Hall–Kier alpha value is -1.26. The maximum Gasteiger partial charge on any atom is 0.263 e. The highest BCUT2D eigenvalue weighted by atomic mass is 35.5. The van der Waals surface area contributed by atoms with Gasteiger partial charge in [-0.05, 0) is 30.9 Å². The first-order valence-electron chi connectivity index (χ1n) is 6.95. The molecular formula is C15H21ClN2O2. The van der Waals surface area contributed by atoms with Crippen LogP contribution >= 0.6 is 12.4 Å². The maximum atomic E-state index is 12.4. The minimum atomic E-state index is -0.408. The minimum absolute atomic E-state index is 0. The standard InChI is InChI=1S/C15H20N2O2.ClH/c1-11(19-14-5-3-2-4-6-14)15(18)17-9-12-7-16-8-13(12)10-17;/h2-6,11-13,16H,7-10H2,1H3;1H/t11?,12-,13+;. The van der Waals surface area contributed by atoms with E-state index in [2.05, 4.69) is 5.32 Å². The van der Waals surface area contributed by atoms with Gasteiger partial charge in [0, 0.05) is 26.2 Å². The summed E-state index contributed by atoms with van der Waals surface area (Å²) in [6, 6.07) is 9.53. The van der Waals surface area contributed by atoms with Gasteiger partial charge in [-0.3, -0.25) is 4.79 Å². The van der Waals surface area contributed by atoms with Crippen LogP contribution in [-0.2, 0) is 4.79 Å². The quantitative estimate of drug-likeness (QED) is 0.920. The summed E-state index contributed by atoms with van der Waals surface area (Å²) < 4.78 is 5.70. The summed E-state index contributed by atoms with van der Waals surface area (Å²) in [6.45, 7) is 5.67. The van der Waals surface area contributed by atoms with Crippen molar-refractivity contribution < 1.29 is 9.53 Å². The Morgan fingerprint density at radius 3 is 2.45 bits per heavy atom. The van der Waals surface area contributed by atoms with Crippen LogP contribution in [0.5, 0.6) is 5.75 Å². The molecule has 0 spiro atoms. The highest BCUT2D eigenvalue weighted by Crippen LogP contribution is 2.27. The summed E-state index contributed by atoms with van der Waals surface area (Å²) in [7, 11) is 0. The number of halogens is 1. The number of likely N-dealkylation sites (tertiary alicyclic amines) is 1. The number of fused-ring (bicyclic) bond motifs is 1. The second-order valence-corrected chi connectivity index (χ2v) is 5.49. The lowest BCUT2D eigenvalue weighted by Gasteiger charge is -2.22.